The molecule has 236 valence electrons. The van der Waals surface area contributed by atoms with Gasteiger partial charge in [0.1, 0.15) is 12.6 Å². The third-order valence-corrected chi connectivity index (χ3v) is 10.5. The van der Waals surface area contributed by atoms with Gasteiger partial charge in [-0.25, -0.2) is 4.31 Å². The Bertz CT molecular complexity index is 1580. The summed E-state index contributed by atoms with van der Waals surface area (Å²) in [5.74, 6) is -0.798. The molecule has 4 rings (SSSR count). The van der Waals surface area contributed by atoms with Crippen LogP contribution in [0.1, 0.15) is 47.9 Å². The van der Waals surface area contributed by atoms with Crippen molar-refractivity contribution in [2.24, 2.45) is 0 Å². The summed E-state index contributed by atoms with van der Waals surface area (Å²) in [6, 6.07) is 19.1. The first-order valence-corrected chi connectivity index (χ1v) is 16.9. The van der Waals surface area contributed by atoms with Crippen LogP contribution in [0, 0.1) is 13.8 Å². The summed E-state index contributed by atoms with van der Waals surface area (Å²) in [5.41, 5.74) is 3.48. The molecule has 44 heavy (non-hydrogen) atoms. The third-order valence-electron chi connectivity index (χ3n) is 7.96. The number of nitrogens with one attached hydrogen (secondary N) is 1. The highest BCUT2D eigenvalue weighted by molar-refractivity contribution is 7.90. The van der Waals surface area contributed by atoms with Gasteiger partial charge in [0.2, 0.25) is 11.8 Å². The predicted molar refractivity (Wildman–Crippen MR) is 177 cm³/mol. The van der Waals surface area contributed by atoms with Crippen LogP contribution in [-0.2, 0) is 32.8 Å². The summed E-state index contributed by atoms with van der Waals surface area (Å²) in [4.78, 5) is 30.0. The Morgan fingerprint density at radius 2 is 1.59 bits per heavy atom. The molecule has 0 spiro atoms. The molecule has 0 saturated heterocycles. The minimum absolute atomic E-state index is 0.0218. The zero-order chi connectivity index (χ0) is 32.0. The lowest BCUT2D eigenvalue weighted by Crippen LogP contribution is -2.55. The van der Waals surface area contributed by atoms with Crippen molar-refractivity contribution in [3.63, 3.8) is 0 Å². The molecule has 1 fully saturated rings. The quantitative estimate of drug-likeness (QED) is 0.262. The number of halogens is 2. The first-order valence-electron chi connectivity index (χ1n) is 14.7. The summed E-state index contributed by atoms with van der Waals surface area (Å²) >= 11 is 12.5. The Hall–Kier alpha value is -3.11. The van der Waals surface area contributed by atoms with E-state index >= 15 is 0 Å². The van der Waals surface area contributed by atoms with Gasteiger partial charge in [-0.05, 0) is 67.1 Å². The highest BCUT2D eigenvalue weighted by atomic mass is 35.5. The van der Waals surface area contributed by atoms with Crippen LogP contribution < -0.4 is 9.62 Å². The lowest BCUT2D eigenvalue weighted by atomic mass is 10.0. The van der Waals surface area contributed by atoms with Gasteiger partial charge < -0.3 is 10.2 Å². The lowest BCUT2D eigenvalue weighted by Gasteiger charge is -2.35. The molecule has 0 bridgehead atoms. The van der Waals surface area contributed by atoms with E-state index in [-0.39, 0.29) is 24.9 Å². The number of amides is 2. The molecule has 11 heteroatoms. The van der Waals surface area contributed by atoms with Gasteiger partial charge in [-0.1, -0.05) is 84.6 Å². The van der Waals surface area contributed by atoms with E-state index in [0.717, 1.165) is 45.4 Å². The zero-order valence-corrected chi connectivity index (χ0v) is 27.9. The van der Waals surface area contributed by atoms with E-state index in [9.17, 15) is 18.0 Å². The standard InChI is InChI=1S/C33H40Cl2N4O4S/c1-23-14-15-24(2)30(18-23)39(44(42,43)37(3)4)22-32(40)38(21-26-16-17-28(34)29(35)19-26)31(20-25-10-6-5-7-11-25)33(41)36-27-12-8-9-13-27/h5-7,10-11,14-19,27,31H,8-9,12-13,20-22H2,1-4H3,(H,36,41)/t31-/m1/s1. The van der Waals surface area contributed by atoms with Gasteiger partial charge in [0.15, 0.2) is 0 Å². The van der Waals surface area contributed by atoms with Gasteiger partial charge in [0.05, 0.1) is 15.7 Å². The molecule has 0 radical (unpaired) electrons. The van der Waals surface area contributed by atoms with Crippen molar-refractivity contribution >= 4 is 50.9 Å². The minimum Gasteiger partial charge on any atom is -0.352 e. The molecule has 1 aliphatic carbocycles. The minimum atomic E-state index is -4.09. The van der Waals surface area contributed by atoms with Crippen molar-refractivity contribution in [2.75, 3.05) is 24.9 Å². The SMILES string of the molecule is Cc1ccc(C)c(N(CC(=O)N(Cc2ccc(Cl)c(Cl)c2)[C@H](Cc2ccccc2)C(=O)NC2CCCC2)S(=O)(=O)N(C)C)c1. The Morgan fingerprint density at radius 1 is 0.909 bits per heavy atom. The summed E-state index contributed by atoms with van der Waals surface area (Å²) in [5, 5.41) is 3.86. The first kappa shape index (κ1) is 33.8. The Morgan fingerprint density at radius 3 is 2.23 bits per heavy atom. The van der Waals surface area contributed by atoms with Crippen molar-refractivity contribution in [2.45, 2.75) is 64.6 Å². The van der Waals surface area contributed by atoms with Crippen LogP contribution in [0.5, 0.6) is 0 Å². The topological polar surface area (TPSA) is 90.0 Å². The monoisotopic (exact) mass is 658 g/mol. The number of hydrogen-bond donors (Lipinski definition) is 1. The van der Waals surface area contributed by atoms with Crippen LogP contribution >= 0.6 is 23.2 Å². The Balaban J connectivity index is 1.79. The smallest absolute Gasteiger partial charge is 0.304 e. The normalized spacial score (nSPS) is 14.4. The van der Waals surface area contributed by atoms with Crippen LogP contribution in [0.3, 0.4) is 0 Å². The molecular formula is C33H40Cl2N4O4S. The maximum Gasteiger partial charge on any atom is 0.304 e. The van der Waals surface area contributed by atoms with E-state index in [4.69, 9.17) is 23.2 Å². The van der Waals surface area contributed by atoms with Crippen LogP contribution in [0.4, 0.5) is 5.69 Å². The van der Waals surface area contributed by atoms with E-state index < -0.39 is 28.7 Å². The van der Waals surface area contributed by atoms with E-state index in [1.54, 1.807) is 31.2 Å². The molecule has 0 aromatic heterocycles. The molecule has 0 aliphatic heterocycles. The van der Waals surface area contributed by atoms with E-state index in [0.29, 0.717) is 26.9 Å². The molecule has 1 saturated carbocycles. The number of carbonyl (C=O) groups excluding carboxylic acids is 2. The number of hydrogen-bond acceptors (Lipinski definition) is 4. The third kappa shape index (κ3) is 8.33. The second-order valence-electron chi connectivity index (χ2n) is 11.6. The van der Waals surface area contributed by atoms with Gasteiger partial charge in [-0.2, -0.15) is 12.7 Å². The second kappa shape index (κ2) is 14.8. The average Bonchev–Trinajstić information content (AvgIpc) is 3.50. The largest absolute Gasteiger partial charge is 0.352 e. The maximum absolute atomic E-state index is 14.5. The zero-order valence-electron chi connectivity index (χ0n) is 25.6. The number of rotatable bonds is 12. The second-order valence-corrected chi connectivity index (χ2v) is 14.4. The number of carbonyl (C=O) groups is 2. The highest BCUT2D eigenvalue weighted by Gasteiger charge is 2.36. The van der Waals surface area contributed by atoms with Crippen LogP contribution in [0.25, 0.3) is 0 Å². The molecule has 3 aromatic rings. The van der Waals surface area contributed by atoms with E-state index in [1.807, 2.05) is 49.4 Å². The van der Waals surface area contributed by atoms with E-state index in [1.165, 1.54) is 19.0 Å². The number of aryl methyl sites for hydroxylation is 2. The number of anilines is 1. The Kier molecular flexibility index (Phi) is 11.3. The molecule has 1 atom stereocenters. The van der Waals surface area contributed by atoms with Gasteiger partial charge in [0, 0.05) is 33.1 Å². The molecule has 0 heterocycles. The number of benzene rings is 3. The molecule has 8 nitrogen and oxygen atoms in total. The lowest BCUT2D eigenvalue weighted by molar-refractivity contribution is -0.140. The molecule has 1 aliphatic rings. The molecule has 0 unspecified atom stereocenters. The Labute approximate surface area is 271 Å². The fourth-order valence-electron chi connectivity index (χ4n) is 5.45. The summed E-state index contributed by atoms with van der Waals surface area (Å²) in [6.07, 6.45) is 4.08. The van der Waals surface area contributed by atoms with Crippen LogP contribution in [-0.4, -0.2) is 62.2 Å². The molecular weight excluding hydrogens is 619 g/mol. The fourth-order valence-corrected chi connectivity index (χ4v) is 6.88. The predicted octanol–water partition coefficient (Wildman–Crippen LogP) is 5.92. The van der Waals surface area contributed by atoms with Crippen LogP contribution in [0.2, 0.25) is 10.0 Å². The van der Waals surface area contributed by atoms with Gasteiger partial charge in [-0.3, -0.25) is 9.59 Å². The van der Waals surface area contributed by atoms with Gasteiger partial charge >= 0.3 is 10.2 Å². The van der Waals surface area contributed by atoms with Gasteiger partial charge in [-0.15, -0.1) is 0 Å². The van der Waals surface area contributed by atoms with Crippen LogP contribution in [0.15, 0.2) is 66.7 Å². The first-order chi connectivity index (χ1) is 20.9. The summed E-state index contributed by atoms with van der Waals surface area (Å²) < 4.78 is 29.6. The van der Waals surface area contributed by atoms with Crippen molar-refractivity contribution in [1.82, 2.24) is 14.5 Å². The summed E-state index contributed by atoms with van der Waals surface area (Å²) in [7, 11) is -1.23. The van der Waals surface area contributed by atoms with E-state index in [2.05, 4.69) is 5.32 Å². The van der Waals surface area contributed by atoms with Crippen molar-refractivity contribution < 1.29 is 18.0 Å². The molecule has 2 amide bonds. The fraction of sp³-hybridized carbons (Fsp3) is 0.394. The van der Waals surface area contributed by atoms with Gasteiger partial charge in [0.25, 0.3) is 0 Å². The van der Waals surface area contributed by atoms with Crippen molar-refractivity contribution in [3.05, 3.63) is 99.0 Å². The van der Waals surface area contributed by atoms with Crippen molar-refractivity contribution in [3.8, 4) is 0 Å². The van der Waals surface area contributed by atoms with Crippen molar-refractivity contribution in [1.29, 1.82) is 0 Å². The molecule has 3 aromatic carbocycles. The maximum atomic E-state index is 14.5. The average molecular weight is 660 g/mol. The highest BCUT2D eigenvalue weighted by Crippen LogP contribution is 2.28. The summed E-state index contributed by atoms with van der Waals surface area (Å²) in [6.45, 7) is 3.19. The number of nitrogens with zero attached hydrogens (tertiary/aromatic N) is 3. The molecule has 1 N–H and O–H groups in total.